The number of hydrogen-bond acceptors (Lipinski definition) is 4. The first-order chi connectivity index (χ1) is 13.8. The molecule has 0 unspecified atom stereocenters. The van der Waals surface area contributed by atoms with Crippen LogP contribution >= 0.6 is 0 Å². The van der Waals surface area contributed by atoms with Crippen molar-refractivity contribution >= 4 is 11.8 Å². The molecule has 2 atom stereocenters. The van der Waals surface area contributed by atoms with Gasteiger partial charge in [-0.15, -0.1) is 0 Å². The molecule has 2 aliphatic heterocycles. The summed E-state index contributed by atoms with van der Waals surface area (Å²) in [6.07, 6.45) is 9.34. The summed E-state index contributed by atoms with van der Waals surface area (Å²) in [6.45, 7) is 18.1. The summed E-state index contributed by atoms with van der Waals surface area (Å²) in [7, 11) is 0. The van der Waals surface area contributed by atoms with Crippen LogP contribution in [0.3, 0.4) is 0 Å². The van der Waals surface area contributed by atoms with Crippen molar-refractivity contribution < 1.29 is 59.9 Å². The van der Waals surface area contributed by atoms with Crippen LogP contribution in [0.25, 0.3) is 0 Å². The normalized spacial score (nSPS) is 22.8. The fraction of sp³-hybridized carbons (Fsp3) is 0.920. The van der Waals surface area contributed by atoms with Crippen LogP contribution in [0.2, 0.25) is 0 Å². The molecule has 2 rings (SSSR count). The molecular weight excluding hydrogens is 579 g/mol. The second kappa shape index (κ2) is 15.4. The minimum atomic E-state index is -0.145. The van der Waals surface area contributed by atoms with Crippen LogP contribution in [0, 0.1) is 11.8 Å². The van der Waals surface area contributed by atoms with Gasteiger partial charge in [-0.25, -0.2) is 9.98 Å². The average molecular weight is 625 g/mol. The molecule has 2 aliphatic rings. The first-order valence-electron chi connectivity index (χ1n) is 12.3. The van der Waals surface area contributed by atoms with Crippen LogP contribution in [-0.2, 0) is 26.0 Å². The van der Waals surface area contributed by atoms with Crippen LogP contribution in [0.4, 0.5) is 0 Å². The number of rotatable bonds is 12. The first kappa shape index (κ1) is 34.6. The molecule has 0 aliphatic carbocycles. The Morgan fingerprint density at radius 1 is 0.656 bits per heavy atom. The summed E-state index contributed by atoms with van der Waals surface area (Å²) in [5.41, 5.74) is -0.291. The SMILES string of the molecule is CCCC1(CCC)OC(CC2=N[C@H](C(C)C)C(CCC)(CCC)O2)=N[C@@H]1C(C)C.[Br-].[Br-].[Ni+2]. The molecule has 0 spiro atoms. The van der Waals surface area contributed by atoms with Crippen LogP contribution in [0.1, 0.15) is 113 Å². The predicted molar refractivity (Wildman–Crippen MR) is 124 cm³/mol. The van der Waals surface area contributed by atoms with Gasteiger partial charge in [-0.2, -0.15) is 0 Å². The van der Waals surface area contributed by atoms with E-state index >= 15 is 0 Å². The van der Waals surface area contributed by atoms with E-state index in [9.17, 15) is 0 Å². The van der Waals surface area contributed by atoms with Crippen LogP contribution < -0.4 is 34.0 Å². The van der Waals surface area contributed by atoms with Crippen molar-refractivity contribution in [3.63, 3.8) is 0 Å². The summed E-state index contributed by atoms with van der Waals surface area (Å²) < 4.78 is 13.3. The first-order valence-corrected chi connectivity index (χ1v) is 12.3. The monoisotopic (exact) mass is 622 g/mol. The molecule has 0 saturated carbocycles. The molecule has 4 nitrogen and oxygen atoms in total. The molecule has 0 radical (unpaired) electrons. The van der Waals surface area contributed by atoms with E-state index in [0.29, 0.717) is 18.3 Å². The zero-order valence-corrected chi connectivity index (χ0v) is 25.6. The number of hydrogen-bond donors (Lipinski definition) is 0. The maximum absolute atomic E-state index is 6.64. The van der Waals surface area contributed by atoms with E-state index in [2.05, 4.69) is 55.4 Å². The Morgan fingerprint density at radius 2 is 0.938 bits per heavy atom. The third-order valence-corrected chi connectivity index (χ3v) is 6.54. The Morgan fingerprint density at radius 3 is 1.16 bits per heavy atom. The molecule has 2 heterocycles. The number of halogens is 2. The summed E-state index contributed by atoms with van der Waals surface area (Å²) in [5, 5.41) is 0. The fourth-order valence-electron chi connectivity index (χ4n) is 5.73. The maximum Gasteiger partial charge on any atom is 2.00 e. The molecule has 32 heavy (non-hydrogen) atoms. The molecule has 0 saturated heterocycles. The number of ether oxygens (including phenoxy) is 2. The second-order valence-electron chi connectivity index (χ2n) is 9.93. The minimum Gasteiger partial charge on any atom is -1.00 e. The van der Waals surface area contributed by atoms with E-state index in [0.717, 1.165) is 63.2 Å². The third kappa shape index (κ3) is 7.70. The number of nitrogens with zero attached hydrogens (tertiary/aromatic N) is 2. The molecule has 0 amide bonds. The molecule has 0 aromatic rings. The van der Waals surface area contributed by atoms with Crippen LogP contribution in [0.5, 0.6) is 0 Å². The summed E-state index contributed by atoms with van der Waals surface area (Å²) in [6, 6.07) is 0.465. The molecule has 192 valence electrons. The van der Waals surface area contributed by atoms with E-state index in [-0.39, 0.29) is 73.7 Å². The van der Waals surface area contributed by atoms with Crippen LogP contribution in [0.15, 0.2) is 9.98 Å². The Bertz CT molecular complexity index is 534. The van der Waals surface area contributed by atoms with Gasteiger partial charge in [0.25, 0.3) is 0 Å². The van der Waals surface area contributed by atoms with E-state index in [1.807, 2.05) is 0 Å². The van der Waals surface area contributed by atoms with Gasteiger partial charge in [-0.1, -0.05) is 81.1 Å². The molecule has 0 aromatic carbocycles. The Balaban J connectivity index is 0. The topological polar surface area (TPSA) is 43.2 Å². The van der Waals surface area contributed by atoms with Crippen molar-refractivity contribution in [2.75, 3.05) is 0 Å². The van der Waals surface area contributed by atoms with Crippen molar-refractivity contribution in [1.82, 2.24) is 0 Å². The Labute approximate surface area is 229 Å². The van der Waals surface area contributed by atoms with Crippen molar-refractivity contribution in [1.29, 1.82) is 0 Å². The van der Waals surface area contributed by atoms with E-state index in [4.69, 9.17) is 19.5 Å². The predicted octanol–water partition coefficient (Wildman–Crippen LogP) is 0.967. The molecule has 7 heteroatoms. The van der Waals surface area contributed by atoms with Crippen molar-refractivity contribution in [2.24, 2.45) is 21.8 Å². The minimum absolute atomic E-state index is 0. The summed E-state index contributed by atoms with van der Waals surface area (Å²) in [5.74, 6) is 2.63. The zero-order chi connectivity index (χ0) is 21.7. The molecular formula is C25H46Br2N2NiO2. The number of aliphatic imine (C=N–C) groups is 2. The second-order valence-corrected chi connectivity index (χ2v) is 9.93. The molecule has 0 N–H and O–H groups in total. The quantitative estimate of drug-likeness (QED) is 0.304. The van der Waals surface area contributed by atoms with Crippen molar-refractivity contribution in [3.05, 3.63) is 0 Å². The van der Waals surface area contributed by atoms with Gasteiger partial charge in [0.1, 0.15) is 11.2 Å². The van der Waals surface area contributed by atoms with E-state index in [1.165, 1.54) is 0 Å². The Hall–Kier alpha value is 0.394. The molecule has 0 fully saturated rings. The summed E-state index contributed by atoms with van der Waals surface area (Å²) >= 11 is 0. The maximum atomic E-state index is 6.64. The van der Waals surface area contributed by atoms with Gasteiger partial charge in [0.15, 0.2) is 11.8 Å². The average Bonchev–Trinajstić information content (AvgIpc) is 3.15. The van der Waals surface area contributed by atoms with E-state index in [1.54, 1.807) is 0 Å². The standard InChI is InChI=1S/C25H46N2O2.2BrH.Ni/c1-9-13-24(14-10-2)22(18(5)6)26-20(28-24)17-21-27-23(19(7)8)25(29-21,15-11-3)16-12-4;;;/h18-19,22-23H,9-17H2,1-8H3;2*1H;/q;;;+2/p-2/t22-,23-;;;/m1.../s1. The van der Waals surface area contributed by atoms with E-state index < -0.39 is 0 Å². The smallest absolute Gasteiger partial charge is 1.00 e. The van der Waals surface area contributed by atoms with Crippen LogP contribution in [-0.4, -0.2) is 35.1 Å². The van der Waals surface area contributed by atoms with Crippen molar-refractivity contribution in [3.8, 4) is 0 Å². The van der Waals surface area contributed by atoms with Gasteiger partial charge in [0, 0.05) is 0 Å². The van der Waals surface area contributed by atoms with Gasteiger partial charge >= 0.3 is 16.5 Å². The Kier molecular flexibility index (Phi) is 16.6. The third-order valence-electron chi connectivity index (χ3n) is 6.54. The van der Waals surface area contributed by atoms with Gasteiger partial charge in [0.05, 0.1) is 18.5 Å². The zero-order valence-electron chi connectivity index (χ0n) is 21.5. The van der Waals surface area contributed by atoms with Gasteiger partial charge in [-0.3, -0.25) is 0 Å². The summed E-state index contributed by atoms with van der Waals surface area (Å²) in [4.78, 5) is 10.2. The van der Waals surface area contributed by atoms with Gasteiger partial charge in [0.2, 0.25) is 0 Å². The largest absolute Gasteiger partial charge is 2.00 e. The molecule has 0 aromatic heterocycles. The fourth-order valence-corrected chi connectivity index (χ4v) is 5.73. The van der Waals surface area contributed by atoms with Gasteiger partial charge in [-0.05, 0) is 37.5 Å². The van der Waals surface area contributed by atoms with Gasteiger partial charge < -0.3 is 43.4 Å². The molecule has 0 bridgehead atoms. The van der Waals surface area contributed by atoms with Crippen molar-refractivity contribution in [2.45, 2.75) is 136 Å².